The predicted octanol–water partition coefficient (Wildman–Crippen LogP) is 3.08. The van der Waals surface area contributed by atoms with Crippen LogP contribution in [-0.4, -0.2) is 54.4 Å². The van der Waals surface area contributed by atoms with Gasteiger partial charge in [0, 0.05) is 37.8 Å². The van der Waals surface area contributed by atoms with Gasteiger partial charge in [0.05, 0.1) is 6.61 Å². The van der Waals surface area contributed by atoms with Crippen LogP contribution in [0.4, 0.5) is 0 Å². The fourth-order valence-electron chi connectivity index (χ4n) is 3.01. The molecule has 0 saturated carbocycles. The Morgan fingerprint density at radius 2 is 1.56 bits per heavy atom. The van der Waals surface area contributed by atoms with Gasteiger partial charge in [-0.05, 0) is 42.8 Å². The summed E-state index contributed by atoms with van der Waals surface area (Å²) in [5.41, 5.74) is 1.64. The van der Waals surface area contributed by atoms with E-state index in [1.165, 1.54) is 0 Å². The molecule has 0 N–H and O–H groups in total. The molecule has 1 fully saturated rings. The molecule has 1 saturated heterocycles. The molecule has 0 spiro atoms. The fourth-order valence-corrected chi connectivity index (χ4v) is 3.01. The second-order valence-electron chi connectivity index (χ2n) is 6.32. The van der Waals surface area contributed by atoms with Gasteiger partial charge in [-0.3, -0.25) is 9.59 Å². The average Bonchev–Trinajstić information content (AvgIpc) is 2.73. The van der Waals surface area contributed by atoms with Gasteiger partial charge in [-0.1, -0.05) is 30.3 Å². The zero-order valence-corrected chi connectivity index (χ0v) is 15.5. The van der Waals surface area contributed by atoms with Gasteiger partial charge in [0.2, 0.25) is 5.91 Å². The summed E-state index contributed by atoms with van der Waals surface area (Å²) in [6.45, 7) is 4.77. The first-order valence-corrected chi connectivity index (χ1v) is 9.21. The molecule has 140 valence electrons. The third kappa shape index (κ3) is 4.97. The molecule has 3 rings (SSSR count). The maximum Gasteiger partial charge on any atom is 0.253 e. The highest BCUT2D eigenvalue weighted by molar-refractivity contribution is 5.95. The summed E-state index contributed by atoms with van der Waals surface area (Å²) < 4.78 is 5.41. The Bertz CT molecular complexity index is 792. The van der Waals surface area contributed by atoms with Crippen molar-refractivity contribution in [1.29, 1.82) is 0 Å². The lowest BCUT2D eigenvalue weighted by molar-refractivity contribution is -0.127. The van der Waals surface area contributed by atoms with Crippen LogP contribution in [0.2, 0.25) is 0 Å². The zero-order valence-electron chi connectivity index (χ0n) is 15.5. The molecule has 2 aromatic rings. The number of carbonyl (C=O) groups is 2. The van der Waals surface area contributed by atoms with Crippen molar-refractivity contribution in [3.05, 3.63) is 71.8 Å². The van der Waals surface area contributed by atoms with Crippen LogP contribution in [0, 0.1) is 0 Å². The molecule has 5 heteroatoms. The Kier molecular flexibility index (Phi) is 6.26. The highest BCUT2D eigenvalue weighted by atomic mass is 16.5. The SMILES string of the molecule is CCOc1ccc(/C=C/C(=O)N2CCN(C(=O)c3ccccc3)CC2)cc1. The standard InChI is InChI=1S/C22H24N2O3/c1-2-27-20-11-8-18(9-12-20)10-13-21(25)23-14-16-24(17-15-23)22(26)19-6-4-3-5-7-19/h3-13H,2,14-17H2,1H3/b13-10+. The quantitative estimate of drug-likeness (QED) is 0.766. The lowest BCUT2D eigenvalue weighted by Crippen LogP contribution is -2.50. The minimum Gasteiger partial charge on any atom is -0.494 e. The van der Waals surface area contributed by atoms with Crippen LogP contribution in [0.15, 0.2) is 60.7 Å². The Morgan fingerprint density at radius 3 is 2.19 bits per heavy atom. The molecule has 0 aromatic heterocycles. The molecule has 1 heterocycles. The van der Waals surface area contributed by atoms with Crippen molar-refractivity contribution in [1.82, 2.24) is 9.80 Å². The largest absolute Gasteiger partial charge is 0.494 e. The molecule has 0 atom stereocenters. The van der Waals surface area contributed by atoms with Gasteiger partial charge in [-0.2, -0.15) is 0 Å². The maximum atomic E-state index is 12.5. The van der Waals surface area contributed by atoms with Crippen LogP contribution < -0.4 is 4.74 Å². The topological polar surface area (TPSA) is 49.9 Å². The Balaban J connectivity index is 1.51. The number of piperazine rings is 1. The van der Waals surface area contributed by atoms with Gasteiger partial charge in [0.25, 0.3) is 5.91 Å². The van der Waals surface area contributed by atoms with Crippen molar-refractivity contribution in [2.24, 2.45) is 0 Å². The van der Waals surface area contributed by atoms with Crippen LogP contribution in [-0.2, 0) is 4.79 Å². The lowest BCUT2D eigenvalue weighted by Gasteiger charge is -2.34. The van der Waals surface area contributed by atoms with E-state index in [4.69, 9.17) is 4.74 Å². The molecule has 2 aromatic carbocycles. The number of hydrogen-bond donors (Lipinski definition) is 0. The van der Waals surface area contributed by atoms with Crippen LogP contribution in [0.5, 0.6) is 5.75 Å². The number of ether oxygens (including phenoxy) is 1. The number of hydrogen-bond acceptors (Lipinski definition) is 3. The average molecular weight is 364 g/mol. The third-order valence-corrected chi connectivity index (χ3v) is 4.51. The Labute approximate surface area is 159 Å². The molecule has 0 aliphatic carbocycles. The van der Waals surface area contributed by atoms with Gasteiger partial charge >= 0.3 is 0 Å². The summed E-state index contributed by atoms with van der Waals surface area (Å²) in [5.74, 6) is 0.809. The maximum absolute atomic E-state index is 12.5. The predicted molar refractivity (Wildman–Crippen MR) is 106 cm³/mol. The van der Waals surface area contributed by atoms with Crippen LogP contribution in [0.3, 0.4) is 0 Å². The molecule has 5 nitrogen and oxygen atoms in total. The van der Waals surface area contributed by atoms with Crippen molar-refractivity contribution >= 4 is 17.9 Å². The first-order valence-electron chi connectivity index (χ1n) is 9.21. The van der Waals surface area contributed by atoms with Gasteiger partial charge in [-0.15, -0.1) is 0 Å². The van der Waals surface area contributed by atoms with Crippen molar-refractivity contribution in [3.63, 3.8) is 0 Å². The lowest BCUT2D eigenvalue weighted by atomic mass is 10.1. The van der Waals surface area contributed by atoms with Crippen LogP contribution >= 0.6 is 0 Å². The van der Waals surface area contributed by atoms with Crippen molar-refractivity contribution < 1.29 is 14.3 Å². The van der Waals surface area contributed by atoms with Crippen LogP contribution in [0.1, 0.15) is 22.8 Å². The first-order chi connectivity index (χ1) is 13.2. The first kappa shape index (κ1) is 18.7. The van der Waals surface area contributed by atoms with E-state index in [0.717, 1.165) is 11.3 Å². The van der Waals surface area contributed by atoms with Gasteiger partial charge in [0.1, 0.15) is 5.75 Å². The van der Waals surface area contributed by atoms with E-state index in [1.807, 2.05) is 61.5 Å². The molecule has 2 amide bonds. The molecule has 1 aliphatic heterocycles. The number of benzene rings is 2. The smallest absolute Gasteiger partial charge is 0.253 e. The summed E-state index contributed by atoms with van der Waals surface area (Å²) in [6.07, 6.45) is 3.39. The Hall–Kier alpha value is -3.08. The van der Waals surface area contributed by atoms with E-state index in [1.54, 1.807) is 22.0 Å². The second-order valence-corrected chi connectivity index (χ2v) is 6.32. The zero-order chi connectivity index (χ0) is 19.1. The van der Waals surface area contributed by atoms with E-state index < -0.39 is 0 Å². The highest BCUT2D eigenvalue weighted by Gasteiger charge is 2.23. The molecule has 0 bridgehead atoms. The Morgan fingerprint density at radius 1 is 0.926 bits per heavy atom. The molecule has 27 heavy (non-hydrogen) atoms. The van der Waals surface area contributed by atoms with E-state index >= 15 is 0 Å². The van der Waals surface area contributed by atoms with E-state index in [2.05, 4.69) is 0 Å². The van der Waals surface area contributed by atoms with Crippen molar-refractivity contribution in [2.45, 2.75) is 6.92 Å². The third-order valence-electron chi connectivity index (χ3n) is 4.51. The van der Waals surface area contributed by atoms with Gasteiger partial charge in [-0.25, -0.2) is 0 Å². The second kappa shape index (κ2) is 9.03. The summed E-state index contributed by atoms with van der Waals surface area (Å²) in [6, 6.07) is 16.9. The molecule has 1 aliphatic rings. The number of nitrogens with zero attached hydrogens (tertiary/aromatic N) is 2. The minimum absolute atomic E-state index is 0.0210. The summed E-state index contributed by atoms with van der Waals surface area (Å²) in [5, 5.41) is 0. The molecular weight excluding hydrogens is 340 g/mol. The van der Waals surface area contributed by atoms with Gasteiger partial charge < -0.3 is 14.5 Å². The summed E-state index contributed by atoms with van der Waals surface area (Å²) in [4.78, 5) is 28.4. The fraction of sp³-hybridized carbons (Fsp3) is 0.273. The van der Waals surface area contributed by atoms with Gasteiger partial charge in [0.15, 0.2) is 0 Å². The van der Waals surface area contributed by atoms with Crippen LogP contribution in [0.25, 0.3) is 6.08 Å². The van der Waals surface area contributed by atoms with Crippen molar-refractivity contribution in [2.75, 3.05) is 32.8 Å². The van der Waals surface area contributed by atoms with E-state index in [9.17, 15) is 9.59 Å². The monoisotopic (exact) mass is 364 g/mol. The van der Waals surface area contributed by atoms with E-state index in [0.29, 0.717) is 38.3 Å². The number of carbonyl (C=O) groups excluding carboxylic acids is 2. The summed E-state index contributed by atoms with van der Waals surface area (Å²) in [7, 11) is 0. The number of rotatable bonds is 5. The minimum atomic E-state index is -0.0318. The summed E-state index contributed by atoms with van der Waals surface area (Å²) >= 11 is 0. The number of amides is 2. The normalized spacial score (nSPS) is 14.4. The highest BCUT2D eigenvalue weighted by Crippen LogP contribution is 2.14. The molecule has 0 unspecified atom stereocenters. The van der Waals surface area contributed by atoms with Crippen molar-refractivity contribution in [3.8, 4) is 5.75 Å². The van der Waals surface area contributed by atoms with E-state index in [-0.39, 0.29) is 11.8 Å². The molecular formula is C22H24N2O3. The molecule has 0 radical (unpaired) electrons.